The maximum Gasteiger partial charge on any atom is 0.196 e. The van der Waals surface area contributed by atoms with E-state index in [-0.39, 0.29) is 11.2 Å². The van der Waals surface area contributed by atoms with Gasteiger partial charge in [0, 0.05) is 17.2 Å². The predicted molar refractivity (Wildman–Crippen MR) is 93.3 cm³/mol. The molecule has 4 nitrogen and oxygen atoms in total. The van der Waals surface area contributed by atoms with E-state index in [1.165, 1.54) is 12.1 Å². The Morgan fingerprint density at radius 2 is 2.00 bits per heavy atom. The van der Waals surface area contributed by atoms with Crippen LogP contribution in [0.5, 0.6) is 11.5 Å². The highest BCUT2D eigenvalue weighted by molar-refractivity contribution is 5.88. The van der Waals surface area contributed by atoms with Gasteiger partial charge in [0.1, 0.15) is 22.8 Å². The van der Waals surface area contributed by atoms with Crippen molar-refractivity contribution in [1.82, 2.24) is 0 Å². The van der Waals surface area contributed by atoms with Crippen LogP contribution in [0.25, 0.3) is 22.6 Å². The summed E-state index contributed by atoms with van der Waals surface area (Å²) in [4.78, 5) is 12.7. The molecule has 0 spiro atoms. The number of para-hydroxylation sites is 1. The van der Waals surface area contributed by atoms with Gasteiger partial charge in [-0.3, -0.25) is 4.79 Å². The average molecular weight is 320 g/mol. The Morgan fingerprint density at radius 3 is 2.83 bits per heavy atom. The average Bonchev–Trinajstić information content (AvgIpc) is 2.98. The van der Waals surface area contributed by atoms with Crippen LogP contribution >= 0.6 is 0 Å². The fraction of sp³-hybridized carbons (Fsp3) is 0.150. The van der Waals surface area contributed by atoms with Crippen LogP contribution in [-0.2, 0) is 6.42 Å². The summed E-state index contributed by atoms with van der Waals surface area (Å²) in [5, 5.41) is 10.2. The second-order valence-corrected chi connectivity index (χ2v) is 5.83. The molecule has 0 saturated heterocycles. The van der Waals surface area contributed by atoms with Gasteiger partial charge in [0.15, 0.2) is 5.43 Å². The summed E-state index contributed by atoms with van der Waals surface area (Å²) in [7, 11) is 1.64. The molecule has 1 aliphatic rings. The van der Waals surface area contributed by atoms with Crippen LogP contribution in [0, 0.1) is 0 Å². The van der Waals surface area contributed by atoms with Gasteiger partial charge in [-0.2, -0.15) is 0 Å². The Morgan fingerprint density at radius 1 is 1.17 bits per heavy atom. The molecule has 4 rings (SSSR count). The molecular formula is C20H16O4. The Kier molecular flexibility index (Phi) is 3.38. The number of phenols is 1. The second kappa shape index (κ2) is 5.57. The van der Waals surface area contributed by atoms with Crippen molar-refractivity contribution in [2.45, 2.75) is 12.8 Å². The first-order valence-electron chi connectivity index (χ1n) is 7.80. The van der Waals surface area contributed by atoms with Gasteiger partial charge in [0.25, 0.3) is 0 Å². The standard InChI is InChI=1S/C20H16O4/c1-23-17-5-3-2-4-12(17)10-13-6-8-16-19(22)15-9-7-14(21)11-18(15)24-20(13)16/h2-5,7,9-11,21H,6,8H2,1H3/b13-10+. The maximum atomic E-state index is 12.7. The van der Waals surface area contributed by atoms with E-state index in [1.807, 2.05) is 30.3 Å². The van der Waals surface area contributed by atoms with E-state index in [9.17, 15) is 9.90 Å². The van der Waals surface area contributed by atoms with E-state index in [0.717, 1.165) is 23.3 Å². The Balaban J connectivity index is 1.91. The minimum atomic E-state index is -0.0188. The smallest absolute Gasteiger partial charge is 0.196 e. The van der Waals surface area contributed by atoms with E-state index in [0.29, 0.717) is 28.7 Å². The van der Waals surface area contributed by atoms with Crippen LogP contribution in [0.2, 0.25) is 0 Å². The summed E-state index contributed by atoms with van der Waals surface area (Å²) in [6.07, 6.45) is 3.41. The summed E-state index contributed by atoms with van der Waals surface area (Å²) >= 11 is 0. The van der Waals surface area contributed by atoms with Crippen molar-refractivity contribution < 1.29 is 14.3 Å². The number of benzene rings is 2. The second-order valence-electron chi connectivity index (χ2n) is 5.83. The predicted octanol–water partition coefficient (Wildman–Crippen LogP) is 3.99. The van der Waals surface area contributed by atoms with Gasteiger partial charge in [-0.05, 0) is 42.7 Å². The lowest BCUT2D eigenvalue weighted by Crippen LogP contribution is -2.08. The van der Waals surface area contributed by atoms with Crippen molar-refractivity contribution in [3.8, 4) is 11.5 Å². The fourth-order valence-electron chi connectivity index (χ4n) is 3.19. The Labute approximate surface area is 138 Å². The largest absolute Gasteiger partial charge is 0.508 e. The zero-order chi connectivity index (χ0) is 16.7. The van der Waals surface area contributed by atoms with E-state index in [4.69, 9.17) is 9.15 Å². The quantitative estimate of drug-likeness (QED) is 0.775. The van der Waals surface area contributed by atoms with Crippen LogP contribution < -0.4 is 10.2 Å². The Bertz CT molecular complexity index is 1030. The van der Waals surface area contributed by atoms with E-state index in [2.05, 4.69) is 0 Å². The highest BCUT2D eigenvalue weighted by atomic mass is 16.5. The van der Waals surface area contributed by atoms with Gasteiger partial charge in [-0.1, -0.05) is 18.2 Å². The summed E-state index contributed by atoms with van der Waals surface area (Å²) in [6, 6.07) is 12.3. The van der Waals surface area contributed by atoms with Crippen molar-refractivity contribution in [2.75, 3.05) is 7.11 Å². The molecule has 0 atom stereocenters. The van der Waals surface area contributed by atoms with Gasteiger partial charge in [0.05, 0.1) is 12.5 Å². The number of rotatable bonds is 2. The highest BCUT2D eigenvalue weighted by Gasteiger charge is 2.24. The van der Waals surface area contributed by atoms with Crippen LogP contribution in [0.3, 0.4) is 0 Å². The lowest BCUT2D eigenvalue weighted by molar-refractivity contribution is 0.414. The monoisotopic (exact) mass is 320 g/mol. The molecule has 2 aromatic carbocycles. The van der Waals surface area contributed by atoms with E-state index in [1.54, 1.807) is 13.2 Å². The van der Waals surface area contributed by atoms with E-state index >= 15 is 0 Å². The van der Waals surface area contributed by atoms with Crippen LogP contribution in [0.1, 0.15) is 23.3 Å². The first-order chi connectivity index (χ1) is 11.7. The minimum Gasteiger partial charge on any atom is -0.508 e. The molecule has 0 aliphatic heterocycles. The number of hydrogen-bond donors (Lipinski definition) is 1. The lowest BCUT2D eigenvalue weighted by atomic mass is 10.1. The first-order valence-corrected chi connectivity index (χ1v) is 7.80. The number of phenolic OH excluding ortho intramolecular Hbond substituents is 1. The summed E-state index contributed by atoms with van der Waals surface area (Å²) in [5.41, 5.74) is 3.01. The number of aromatic hydroxyl groups is 1. The normalized spacial score (nSPS) is 15.0. The number of fused-ring (bicyclic) bond motifs is 2. The van der Waals surface area contributed by atoms with Crippen LogP contribution in [0.4, 0.5) is 0 Å². The zero-order valence-electron chi connectivity index (χ0n) is 13.2. The fourth-order valence-corrected chi connectivity index (χ4v) is 3.19. The third-order valence-corrected chi connectivity index (χ3v) is 4.37. The summed E-state index contributed by atoms with van der Waals surface area (Å²) in [6.45, 7) is 0. The third kappa shape index (κ3) is 2.27. The van der Waals surface area contributed by atoms with Crippen molar-refractivity contribution in [1.29, 1.82) is 0 Å². The van der Waals surface area contributed by atoms with Gasteiger partial charge in [0.2, 0.25) is 0 Å². The molecule has 0 fully saturated rings. The SMILES string of the molecule is COc1ccccc1/C=C1\CCc2c1oc1cc(O)ccc1c2=O. The first kappa shape index (κ1) is 14.6. The van der Waals surface area contributed by atoms with Crippen molar-refractivity contribution in [3.63, 3.8) is 0 Å². The molecule has 0 radical (unpaired) electrons. The number of hydrogen-bond acceptors (Lipinski definition) is 4. The van der Waals surface area contributed by atoms with Gasteiger partial charge in [-0.25, -0.2) is 0 Å². The molecule has 1 heterocycles. The molecule has 4 heteroatoms. The molecular weight excluding hydrogens is 304 g/mol. The van der Waals surface area contributed by atoms with Gasteiger partial charge < -0.3 is 14.3 Å². The number of methoxy groups -OCH3 is 1. The van der Waals surface area contributed by atoms with Gasteiger partial charge in [-0.15, -0.1) is 0 Å². The van der Waals surface area contributed by atoms with Crippen molar-refractivity contribution in [2.24, 2.45) is 0 Å². The topological polar surface area (TPSA) is 59.7 Å². The zero-order valence-corrected chi connectivity index (χ0v) is 13.2. The number of ether oxygens (including phenoxy) is 1. The van der Waals surface area contributed by atoms with Crippen LogP contribution in [-0.4, -0.2) is 12.2 Å². The molecule has 1 aliphatic carbocycles. The molecule has 3 aromatic rings. The highest BCUT2D eigenvalue weighted by Crippen LogP contribution is 2.35. The summed E-state index contributed by atoms with van der Waals surface area (Å²) in [5.74, 6) is 1.47. The Hall–Kier alpha value is -3.01. The molecule has 0 amide bonds. The maximum absolute atomic E-state index is 12.7. The molecule has 0 bridgehead atoms. The molecule has 1 aromatic heterocycles. The van der Waals surface area contributed by atoms with Gasteiger partial charge >= 0.3 is 0 Å². The molecule has 1 N–H and O–H groups in total. The van der Waals surface area contributed by atoms with Crippen molar-refractivity contribution >= 4 is 22.6 Å². The van der Waals surface area contributed by atoms with Crippen molar-refractivity contribution in [3.05, 3.63) is 69.6 Å². The summed E-state index contributed by atoms with van der Waals surface area (Å²) < 4.78 is 11.3. The molecule has 0 unspecified atom stereocenters. The van der Waals surface area contributed by atoms with Crippen LogP contribution in [0.15, 0.2) is 51.7 Å². The molecule has 120 valence electrons. The minimum absolute atomic E-state index is 0.0188. The number of allylic oxidation sites excluding steroid dienone is 1. The third-order valence-electron chi connectivity index (χ3n) is 4.37. The molecule has 0 saturated carbocycles. The lowest BCUT2D eigenvalue weighted by Gasteiger charge is -2.06. The molecule has 24 heavy (non-hydrogen) atoms. The van der Waals surface area contributed by atoms with E-state index < -0.39 is 0 Å².